The molecule has 3 aromatic heterocycles. The Morgan fingerprint density at radius 3 is 2.81 bits per heavy atom. The summed E-state index contributed by atoms with van der Waals surface area (Å²) in [5, 5.41) is 18.1. The van der Waals surface area contributed by atoms with Crippen molar-refractivity contribution in [1.29, 1.82) is 5.26 Å². The zero-order valence-corrected chi connectivity index (χ0v) is 18.3. The Labute approximate surface area is 188 Å². The largest absolute Gasteiger partial charge is 0.477 e. The summed E-state index contributed by atoms with van der Waals surface area (Å²) < 4.78 is 12.6. The molecule has 0 unspecified atom stereocenters. The first-order valence-electron chi connectivity index (χ1n) is 10.7. The average molecular weight is 454 g/mol. The van der Waals surface area contributed by atoms with Crippen LogP contribution in [0.1, 0.15) is 46.4 Å². The van der Waals surface area contributed by atoms with Gasteiger partial charge in [-0.2, -0.15) is 0 Å². The normalized spacial score (nSPS) is 19.5. The van der Waals surface area contributed by atoms with Crippen molar-refractivity contribution in [3.8, 4) is 12.1 Å². The number of thiophene rings is 1. The van der Waals surface area contributed by atoms with Crippen LogP contribution in [0.2, 0.25) is 0 Å². The van der Waals surface area contributed by atoms with Gasteiger partial charge in [0.25, 0.3) is 6.26 Å². The lowest BCUT2D eigenvalue weighted by atomic mass is 9.93. The first kappa shape index (κ1) is 20.9. The molecule has 9 nitrogen and oxygen atoms in total. The Hall–Kier alpha value is -3.00. The fourth-order valence-corrected chi connectivity index (χ4v) is 5.26. The lowest BCUT2D eigenvalue weighted by Crippen LogP contribution is -2.35. The number of nitrogens with zero attached hydrogens (tertiary/aromatic N) is 5. The molecular formula is C22H23N5O4S. The molecule has 2 fully saturated rings. The molecule has 1 atom stereocenters. The van der Waals surface area contributed by atoms with E-state index in [0.29, 0.717) is 29.8 Å². The van der Waals surface area contributed by atoms with Crippen molar-refractivity contribution in [2.45, 2.75) is 44.4 Å². The molecule has 2 aliphatic rings. The van der Waals surface area contributed by atoms with Crippen LogP contribution in [0.15, 0.2) is 24.3 Å². The number of rotatable bonds is 7. The number of aromatic nitrogens is 3. The van der Waals surface area contributed by atoms with Gasteiger partial charge in [-0.15, -0.1) is 16.6 Å². The summed E-state index contributed by atoms with van der Waals surface area (Å²) in [6.07, 6.45) is 4.79. The van der Waals surface area contributed by atoms with E-state index in [2.05, 4.69) is 14.5 Å². The minimum absolute atomic E-state index is 0.166. The third-order valence-corrected chi connectivity index (χ3v) is 7.19. The van der Waals surface area contributed by atoms with E-state index in [1.807, 2.05) is 12.1 Å². The van der Waals surface area contributed by atoms with Crippen molar-refractivity contribution >= 4 is 27.7 Å². The van der Waals surface area contributed by atoms with Crippen molar-refractivity contribution in [1.82, 2.24) is 19.4 Å². The monoisotopic (exact) mass is 453 g/mol. The van der Waals surface area contributed by atoms with Gasteiger partial charge >= 0.3 is 5.97 Å². The fourth-order valence-electron chi connectivity index (χ4n) is 4.37. The van der Waals surface area contributed by atoms with Crippen LogP contribution in [0.4, 0.5) is 0 Å². The third-order valence-electron chi connectivity index (χ3n) is 6.18. The Bertz CT molecular complexity index is 1170. The van der Waals surface area contributed by atoms with E-state index in [1.54, 1.807) is 18.4 Å². The van der Waals surface area contributed by atoms with Gasteiger partial charge in [0.2, 0.25) is 5.88 Å². The Balaban J connectivity index is 1.29. The number of piperidine rings is 1. The average Bonchev–Trinajstić information content (AvgIpc) is 3.30. The third kappa shape index (κ3) is 4.19. The van der Waals surface area contributed by atoms with Crippen LogP contribution < -0.4 is 4.74 Å². The number of nitriles is 1. The fraction of sp³-hybridized carbons (Fsp3) is 0.455. The number of likely N-dealkylation sites (tertiary alicyclic amines) is 1. The van der Waals surface area contributed by atoms with E-state index < -0.39 is 5.97 Å². The second kappa shape index (κ2) is 8.86. The second-order valence-electron chi connectivity index (χ2n) is 8.17. The predicted molar refractivity (Wildman–Crippen MR) is 117 cm³/mol. The molecular weight excluding hydrogens is 430 g/mol. The number of hydrogen-bond donors (Lipinski definition) is 1. The van der Waals surface area contributed by atoms with Gasteiger partial charge in [0.05, 0.1) is 24.7 Å². The van der Waals surface area contributed by atoms with Crippen LogP contribution in [0, 0.1) is 11.5 Å². The Kier molecular flexibility index (Phi) is 5.78. The maximum Gasteiger partial charge on any atom is 0.346 e. The second-order valence-corrected chi connectivity index (χ2v) is 9.20. The topological polar surface area (TPSA) is 114 Å². The molecule has 5 rings (SSSR count). The van der Waals surface area contributed by atoms with Gasteiger partial charge < -0.3 is 19.1 Å². The van der Waals surface area contributed by atoms with Crippen LogP contribution >= 0.6 is 11.3 Å². The molecule has 0 spiro atoms. The van der Waals surface area contributed by atoms with Crippen LogP contribution in [-0.4, -0.2) is 56.3 Å². The maximum absolute atomic E-state index is 11.4. The number of hydrogen-bond acceptors (Lipinski definition) is 8. The summed E-state index contributed by atoms with van der Waals surface area (Å²) in [5.41, 5.74) is 1.84. The van der Waals surface area contributed by atoms with Gasteiger partial charge in [-0.3, -0.25) is 4.90 Å². The first-order valence-corrected chi connectivity index (χ1v) is 11.5. The van der Waals surface area contributed by atoms with E-state index in [9.17, 15) is 9.90 Å². The van der Waals surface area contributed by atoms with Gasteiger partial charge in [0.1, 0.15) is 15.5 Å². The number of aromatic carboxylic acids is 1. The molecule has 2 saturated heterocycles. The van der Waals surface area contributed by atoms with Crippen molar-refractivity contribution in [3.05, 3.63) is 40.7 Å². The molecule has 0 radical (unpaired) electrons. The van der Waals surface area contributed by atoms with Crippen molar-refractivity contribution < 1.29 is 19.4 Å². The summed E-state index contributed by atoms with van der Waals surface area (Å²) in [5.74, 6) is 0.715. The number of carbonyl (C=O) groups is 1. The van der Waals surface area contributed by atoms with Crippen molar-refractivity contribution in [3.63, 3.8) is 0 Å². The number of fused-ring (bicyclic) bond motifs is 1. The molecule has 166 valence electrons. The molecule has 2 aliphatic heterocycles. The Morgan fingerprint density at radius 1 is 1.31 bits per heavy atom. The van der Waals surface area contributed by atoms with Gasteiger partial charge in [-0.25, -0.2) is 14.8 Å². The number of carboxylic acids is 1. The minimum atomic E-state index is -0.916. The molecule has 0 bridgehead atoms. The van der Waals surface area contributed by atoms with E-state index in [1.165, 1.54) is 11.3 Å². The molecule has 0 amide bonds. The highest BCUT2D eigenvalue weighted by Crippen LogP contribution is 2.31. The number of imidazole rings is 1. The zero-order chi connectivity index (χ0) is 22.1. The predicted octanol–water partition coefficient (Wildman–Crippen LogP) is 3.22. The number of carboxylic acid groups (broad SMARTS) is 1. The lowest BCUT2D eigenvalue weighted by Gasteiger charge is -2.32. The molecule has 10 heteroatoms. The van der Waals surface area contributed by atoms with Gasteiger partial charge in [0.15, 0.2) is 0 Å². The number of ether oxygens (including phenoxy) is 2. The first-order chi connectivity index (χ1) is 15.6. The standard InChI is InChI=1S/C22H23N5O4S/c23-13-31-20-3-1-2-16(24-20)14-4-7-26(8-5-14)12-19-25-21-17(10-18(32-21)22(28)29)27(19)11-15-6-9-30-15/h1-3,10,14-15H,4-9,11-12H2,(H,28,29)/t15-/m0/s1. The smallest absolute Gasteiger partial charge is 0.346 e. The van der Waals surface area contributed by atoms with Gasteiger partial charge in [0, 0.05) is 24.3 Å². The lowest BCUT2D eigenvalue weighted by molar-refractivity contribution is -0.0592. The highest BCUT2D eigenvalue weighted by Gasteiger charge is 2.27. The summed E-state index contributed by atoms with van der Waals surface area (Å²) in [6, 6.07) is 7.28. The van der Waals surface area contributed by atoms with E-state index in [0.717, 1.165) is 60.8 Å². The molecule has 0 saturated carbocycles. The quantitative estimate of drug-likeness (QED) is 0.543. The summed E-state index contributed by atoms with van der Waals surface area (Å²) in [7, 11) is 0. The molecule has 1 N–H and O–H groups in total. The van der Waals surface area contributed by atoms with E-state index in [4.69, 9.17) is 19.7 Å². The Morgan fingerprint density at radius 2 is 2.12 bits per heavy atom. The van der Waals surface area contributed by atoms with Gasteiger partial charge in [-0.1, -0.05) is 6.07 Å². The number of pyridine rings is 1. The zero-order valence-electron chi connectivity index (χ0n) is 17.4. The molecule has 5 heterocycles. The van der Waals surface area contributed by atoms with Gasteiger partial charge in [-0.05, 0) is 44.5 Å². The van der Waals surface area contributed by atoms with Crippen LogP contribution in [0.25, 0.3) is 10.3 Å². The van der Waals surface area contributed by atoms with Crippen LogP contribution in [0.5, 0.6) is 5.88 Å². The molecule has 0 aromatic carbocycles. The summed E-state index contributed by atoms with van der Waals surface area (Å²) >= 11 is 1.22. The van der Waals surface area contributed by atoms with E-state index in [-0.39, 0.29) is 6.10 Å². The van der Waals surface area contributed by atoms with E-state index >= 15 is 0 Å². The summed E-state index contributed by atoms with van der Waals surface area (Å²) in [4.78, 5) is 24.1. The highest BCUT2D eigenvalue weighted by atomic mass is 32.1. The van der Waals surface area contributed by atoms with Crippen LogP contribution in [0.3, 0.4) is 0 Å². The van der Waals surface area contributed by atoms with Crippen LogP contribution in [-0.2, 0) is 17.8 Å². The maximum atomic E-state index is 11.4. The molecule has 0 aliphatic carbocycles. The highest BCUT2D eigenvalue weighted by molar-refractivity contribution is 7.20. The van der Waals surface area contributed by atoms with Crippen molar-refractivity contribution in [2.75, 3.05) is 19.7 Å². The molecule has 3 aromatic rings. The SMILES string of the molecule is N#COc1cccc(C2CCN(Cc3nc4sc(C(=O)O)cc4n3C[C@@H]3CCO3)CC2)n1. The minimum Gasteiger partial charge on any atom is -0.477 e. The molecule has 32 heavy (non-hydrogen) atoms. The van der Waals surface area contributed by atoms with Crippen molar-refractivity contribution in [2.24, 2.45) is 0 Å². The summed E-state index contributed by atoms with van der Waals surface area (Å²) in [6.45, 7) is 4.03.